The zero-order valence-corrected chi connectivity index (χ0v) is 19.2. The van der Waals surface area contributed by atoms with Gasteiger partial charge in [0.25, 0.3) is 0 Å². The number of anilines is 1. The lowest BCUT2D eigenvalue weighted by atomic mass is 9.92. The van der Waals surface area contributed by atoms with E-state index in [4.69, 9.17) is 0 Å². The van der Waals surface area contributed by atoms with Crippen LogP contribution in [0.4, 0.5) is 5.13 Å². The molecule has 7 heteroatoms. The number of piperidine rings is 1. The molecule has 5 nitrogen and oxygen atoms in total. The molecule has 2 aromatic rings. The first-order valence-corrected chi connectivity index (χ1v) is 12.0. The van der Waals surface area contributed by atoms with Crippen molar-refractivity contribution in [2.45, 2.75) is 34.1 Å². The molecule has 1 aromatic carbocycles. The summed E-state index contributed by atoms with van der Waals surface area (Å²) in [6.07, 6.45) is 1.18. The first-order chi connectivity index (χ1) is 13.8. The Bertz CT molecular complexity index is 871. The molecule has 2 atom stereocenters. The molecule has 2 heterocycles. The van der Waals surface area contributed by atoms with E-state index in [2.05, 4.69) is 56.2 Å². The highest BCUT2D eigenvalue weighted by Crippen LogP contribution is 2.28. The predicted octanol–water partition coefficient (Wildman–Crippen LogP) is 4.60. The number of aryl methyl sites for hydroxylation is 2. The molecule has 0 spiro atoms. The number of likely N-dealkylation sites (tertiary alicyclic amines) is 1. The zero-order chi connectivity index (χ0) is 21.0. The number of aromatic nitrogens is 1. The molecule has 156 valence electrons. The Morgan fingerprint density at radius 2 is 1.93 bits per heavy atom. The van der Waals surface area contributed by atoms with Crippen LogP contribution >= 0.6 is 23.1 Å². The number of amides is 2. The third-order valence-corrected chi connectivity index (χ3v) is 6.76. The number of nitrogens with zero attached hydrogens (tertiary/aromatic N) is 2. The second kappa shape index (κ2) is 9.76. The number of thioether (sulfide) groups is 1. The highest BCUT2D eigenvalue weighted by molar-refractivity contribution is 8.00. The summed E-state index contributed by atoms with van der Waals surface area (Å²) in [5.74, 6) is 1.71. The second-order valence-corrected chi connectivity index (χ2v) is 9.99. The number of rotatable bonds is 6. The van der Waals surface area contributed by atoms with Crippen molar-refractivity contribution in [3.8, 4) is 11.3 Å². The van der Waals surface area contributed by atoms with E-state index in [0.29, 0.717) is 22.7 Å². The Balaban J connectivity index is 1.46. The normalized spacial score (nSPS) is 19.2. The molecule has 0 aliphatic carbocycles. The number of carbonyl (C=O) groups is 2. The van der Waals surface area contributed by atoms with Crippen molar-refractivity contribution in [1.29, 1.82) is 0 Å². The lowest BCUT2D eigenvalue weighted by Crippen LogP contribution is -2.43. The van der Waals surface area contributed by atoms with Crippen LogP contribution in [0.2, 0.25) is 0 Å². The van der Waals surface area contributed by atoms with Gasteiger partial charge in [-0.25, -0.2) is 4.98 Å². The van der Waals surface area contributed by atoms with E-state index in [1.54, 1.807) is 0 Å². The van der Waals surface area contributed by atoms with E-state index in [1.165, 1.54) is 40.6 Å². The van der Waals surface area contributed by atoms with E-state index >= 15 is 0 Å². The summed E-state index contributed by atoms with van der Waals surface area (Å²) in [6.45, 7) is 10.2. The minimum atomic E-state index is -0.121. The summed E-state index contributed by atoms with van der Waals surface area (Å²) in [6, 6.07) is 6.26. The highest BCUT2D eigenvalue weighted by atomic mass is 32.2. The third kappa shape index (κ3) is 6.06. The van der Waals surface area contributed by atoms with Crippen LogP contribution in [0.25, 0.3) is 11.3 Å². The molecule has 1 aliphatic heterocycles. The molecule has 0 saturated carbocycles. The summed E-state index contributed by atoms with van der Waals surface area (Å²) in [5, 5.41) is 5.41. The first kappa shape index (κ1) is 21.8. The van der Waals surface area contributed by atoms with Gasteiger partial charge >= 0.3 is 0 Å². The zero-order valence-electron chi connectivity index (χ0n) is 17.5. The maximum atomic E-state index is 12.4. The summed E-state index contributed by atoms with van der Waals surface area (Å²) in [4.78, 5) is 31.1. The maximum Gasteiger partial charge on any atom is 0.236 e. The molecule has 1 aromatic heterocycles. The van der Waals surface area contributed by atoms with Gasteiger partial charge in [-0.15, -0.1) is 23.1 Å². The fraction of sp³-hybridized carbons (Fsp3) is 0.500. The van der Waals surface area contributed by atoms with E-state index in [-0.39, 0.29) is 17.6 Å². The van der Waals surface area contributed by atoms with Gasteiger partial charge < -0.3 is 10.2 Å². The number of nitrogens with one attached hydrogen (secondary N) is 1. The third-order valence-electron chi connectivity index (χ3n) is 5.09. The quantitative estimate of drug-likeness (QED) is 0.726. The molecule has 2 amide bonds. The van der Waals surface area contributed by atoms with Gasteiger partial charge in [0.05, 0.1) is 17.2 Å². The van der Waals surface area contributed by atoms with Crippen molar-refractivity contribution in [3.63, 3.8) is 0 Å². The fourth-order valence-corrected chi connectivity index (χ4v) is 5.34. The van der Waals surface area contributed by atoms with Crippen molar-refractivity contribution in [2.75, 3.05) is 29.9 Å². The first-order valence-electron chi connectivity index (χ1n) is 10.0. The van der Waals surface area contributed by atoms with Gasteiger partial charge in [-0.2, -0.15) is 0 Å². The van der Waals surface area contributed by atoms with Gasteiger partial charge in [-0.05, 0) is 37.7 Å². The van der Waals surface area contributed by atoms with E-state index < -0.39 is 0 Å². The number of benzene rings is 1. The van der Waals surface area contributed by atoms with E-state index in [1.807, 2.05) is 10.3 Å². The molecule has 1 fully saturated rings. The van der Waals surface area contributed by atoms with Crippen LogP contribution in [0.5, 0.6) is 0 Å². The molecule has 0 radical (unpaired) electrons. The molecular formula is C22H29N3O2S2. The number of hydrogen-bond donors (Lipinski definition) is 1. The van der Waals surface area contributed by atoms with Gasteiger partial charge in [-0.3, -0.25) is 9.59 Å². The van der Waals surface area contributed by atoms with Crippen LogP contribution in [0.15, 0.2) is 23.6 Å². The topological polar surface area (TPSA) is 62.3 Å². The minimum Gasteiger partial charge on any atom is -0.341 e. The van der Waals surface area contributed by atoms with Crippen LogP contribution < -0.4 is 5.32 Å². The summed E-state index contributed by atoms with van der Waals surface area (Å²) < 4.78 is 0. The average molecular weight is 432 g/mol. The van der Waals surface area contributed by atoms with Crippen LogP contribution in [-0.4, -0.2) is 46.3 Å². The molecule has 1 aliphatic rings. The Morgan fingerprint density at radius 3 is 2.62 bits per heavy atom. The van der Waals surface area contributed by atoms with Gasteiger partial charge in [0.1, 0.15) is 0 Å². The van der Waals surface area contributed by atoms with Crippen LogP contribution in [-0.2, 0) is 9.59 Å². The van der Waals surface area contributed by atoms with Crippen molar-refractivity contribution in [3.05, 3.63) is 34.7 Å². The van der Waals surface area contributed by atoms with Crippen molar-refractivity contribution in [2.24, 2.45) is 11.8 Å². The molecular weight excluding hydrogens is 402 g/mol. The number of hydrogen-bond acceptors (Lipinski definition) is 5. The molecule has 3 rings (SSSR count). The Hall–Kier alpha value is -1.86. The Labute approximate surface area is 181 Å². The van der Waals surface area contributed by atoms with Crippen molar-refractivity contribution < 1.29 is 9.59 Å². The maximum absolute atomic E-state index is 12.4. The van der Waals surface area contributed by atoms with Crippen LogP contribution in [0, 0.1) is 25.7 Å². The SMILES string of the molecule is Cc1ccc(-c2csc(NC(=O)CSCC(=O)N3CC(C)CC(C)C3)n2)c(C)c1. The standard InChI is InChI=1S/C22H29N3O2S2/c1-14-5-6-18(17(4)8-14)19-11-29-22(23-19)24-20(26)12-28-13-21(27)25-9-15(2)7-16(3)10-25/h5-6,8,11,15-16H,7,9-10,12-13H2,1-4H3,(H,23,24,26). The predicted molar refractivity (Wildman–Crippen MR) is 123 cm³/mol. The second-order valence-electron chi connectivity index (χ2n) is 8.14. The lowest BCUT2D eigenvalue weighted by molar-refractivity contribution is -0.130. The van der Waals surface area contributed by atoms with Gasteiger partial charge in [-0.1, -0.05) is 37.6 Å². The van der Waals surface area contributed by atoms with Gasteiger partial charge in [0.15, 0.2) is 5.13 Å². The average Bonchev–Trinajstić information content (AvgIpc) is 3.08. The van der Waals surface area contributed by atoms with Crippen molar-refractivity contribution in [1.82, 2.24) is 9.88 Å². The number of carbonyl (C=O) groups excluding carboxylic acids is 2. The minimum absolute atomic E-state index is 0.121. The Kier molecular flexibility index (Phi) is 7.35. The molecule has 0 bridgehead atoms. The molecule has 2 unspecified atom stereocenters. The largest absolute Gasteiger partial charge is 0.341 e. The summed E-state index contributed by atoms with van der Waals surface area (Å²) in [7, 11) is 0. The van der Waals surface area contributed by atoms with Crippen LogP contribution in [0.3, 0.4) is 0 Å². The lowest BCUT2D eigenvalue weighted by Gasteiger charge is -2.35. The summed E-state index contributed by atoms with van der Waals surface area (Å²) >= 11 is 2.79. The van der Waals surface area contributed by atoms with Gasteiger partial charge in [0, 0.05) is 24.0 Å². The fourth-order valence-electron chi connectivity index (χ4n) is 3.90. The molecule has 1 N–H and O–H groups in total. The van der Waals surface area contributed by atoms with E-state index in [0.717, 1.165) is 24.3 Å². The summed E-state index contributed by atoms with van der Waals surface area (Å²) in [5.41, 5.74) is 4.34. The van der Waals surface area contributed by atoms with Crippen LogP contribution in [0.1, 0.15) is 31.4 Å². The molecule has 1 saturated heterocycles. The highest BCUT2D eigenvalue weighted by Gasteiger charge is 2.25. The smallest absolute Gasteiger partial charge is 0.236 e. The van der Waals surface area contributed by atoms with Gasteiger partial charge in [0.2, 0.25) is 11.8 Å². The monoisotopic (exact) mass is 431 g/mol. The van der Waals surface area contributed by atoms with E-state index in [9.17, 15) is 9.59 Å². The number of thiazole rings is 1. The Morgan fingerprint density at radius 1 is 1.21 bits per heavy atom. The molecule has 29 heavy (non-hydrogen) atoms. The van der Waals surface area contributed by atoms with Crippen molar-refractivity contribution >= 4 is 40.0 Å².